The first-order valence-corrected chi connectivity index (χ1v) is 10.5. The number of fused-ring (bicyclic) bond motifs is 1. The Balaban J connectivity index is 2.12. The van der Waals surface area contributed by atoms with Gasteiger partial charge in [0, 0.05) is 24.1 Å². The van der Waals surface area contributed by atoms with Crippen molar-refractivity contribution in [3.63, 3.8) is 0 Å². The van der Waals surface area contributed by atoms with Crippen molar-refractivity contribution in [2.75, 3.05) is 0 Å². The summed E-state index contributed by atoms with van der Waals surface area (Å²) in [6.07, 6.45) is 0.161. The number of Topliss-reactive ketones (excluding diaryl/α,β-unsaturated/α-hetero) is 1. The summed E-state index contributed by atoms with van der Waals surface area (Å²) in [4.78, 5) is 26.1. The van der Waals surface area contributed by atoms with Crippen LogP contribution in [-0.2, 0) is 0 Å². The van der Waals surface area contributed by atoms with Crippen LogP contribution in [0.3, 0.4) is 0 Å². The molecule has 0 aliphatic carbocycles. The summed E-state index contributed by atoms with van der Waals surface area (Å²) in [6, 6.07) is 10.7. The number of alkyl halides is 2. The Morgan fingerprint density at radius 1 is 1.09 bits per heavy atom. The number of hydrogen-bond donors (Lipinski definition) is 1. The Labute approximate surface area is 185 Å². The van der Waals surface area contributed by atoms with E-state index in [1.54, 1.807) is 42.7 Å². The molecule has 0 bridgehead atoms. The van der Waals surface area contributed by atoms with E-state index in [-0.39, 0.29) is 35.6 Å². The molecule has 1 N–H and O–H groups in total. The summed E-state index contributed by atoms with van der Waals surface area (Å²) < 4.78 is 32.7. The number of benzene rings is 2. The highest BCUT2D eigenvalue weighted by Gasteiger charge is 2.26. The zero-order chi connectivity index (χ0) is 23.8. The first-order valence-electron chi connectivity index (χ1n) is 10.5. The van der Waals surface area contributed by atoms with Gasteiger partial charge in [-0.15, -0.1) is 0 Å². The van der Waals surface area contributed by atoms with Gasteiger partial charge in [-0.25, -0.2) is 4.79 Å². The number of hydrogen-bond acceptors (Lipinski definition) is 4. The quantitative estimate of drug-likeness (QED) is 0.497. The number of nitrogens with zero attached hydrogens (tertiary/aromatic N) is 2. The monoisotopic (exact) mass is 446 g/mol. The molecule has 2 aromatic carbocycles. The topological polar surface area (TPSA) is 73.5 Å². The molecular weight excluding hydrogens is 418 g/mol. The van der Waals surface area contributed by atoms with Gasteiger partial charge >= 0.3 is 12.3 Å². The molecule has 1 aromatic heterocycles. The minimum absolute atomic E-state index is 0.0535. The Bertz CT molecular complexity index is 1190. The standard InChI is InChI=1S/C24H28F2N2O4/c1-14(2)27-20-12-16(21(29)11-15(3)24(4,5)31)9-10-19(20)28(23(27)30)17-7-6-8-18(13-17)32-22(25)26/h6-10,12-15,22,31H,11H2,1-5H3. The summed E-state index contributed by atoms with van der Waals surface area (Å²) in [7, 11) is 0. The van der Waals surface area contributed by atoms with Crippen molar-refractivity contribution in [2.45, 2.75) is 59.3 Å². The molecule has 1 atom stereocenters. The second-order valence-electron chi connectivity index (χ2n) is 8.84. The molecule has 0 radical (unpaired) electrons. The van der Waals surface area contributed by atoms with Gasteiger partial charge in [0.05, 0.1) is 22.3 Å². The lowest BCUT2D eigenvalue weighted by Gasteiger charge is -2.25. The third-order valence-electron chi connectivity index (χ3n) is 5.71. The largest absolute Gasteiger partial charge is 0.435 e. The van der Waals surface area contributed by atoms with Crippen molar-refractivity contribution in [3.05, 3.63) is 58.5 Å². The third kappa shape index (κ3) is 4.75. The lowest BCUT2D eigenvalue weighted by molar-refractivity contribution is -0.0498. The predicted octanol–water partition coefficient (Wildman–Crippen LogP) is 4.95. The highest BCUT2D eigenvalue weighted by molar-refractivity contribution is 5.99. The Hall–Kier alpha value is -3.00. The van der Waals surface area contributed by atoms with Crippen molar-refractivity contribution < 1.29 is 23.4 Å². The fourth-order valence-corrected chi connectivity index (χ4v) is 3.59. The molecule has 6 nitrogen and oxygen atoms in total. The van der Waals surface area contributed by atoms with Gasteiger partial charge in [0.25, 0.3) is 0 Å². The van der Waals surface area contributed by atoms with Gasteiger partial charge in [0.1, 0.15) is 5.75 Å². The fraction of sp³-hybridized carbons (Fsp3) is 0.417. The third-order valence-corrected chi connectivity index (χ3v) is 5.71. The molecule has 0 saturated heterocycles. The molecule has 3 aromatic rings. The Morgan fingerprint density at radius 3 is 2.38 bits per heavy atom. The molecule has 0 fully saturated rings. The van der Waals surface area contributed by atoms with Crippen LogP contribution in [0.1, 0.15) is 57.4 Å². The number of aromatic nitrogens is 2. The maximum absolute atomic E-state index is 13.3. The minimum atomic E-state index is -2.97. The summed E-state index contributed by atoms with van der Waals surface area (Å²) >= 11 is 0. The molecular formula is C24H28F2N2O4. The number of aliphatic hydroxyl groups is 1. The average Bonchev–Trinajstić information content (AvgIpc) is 2.97. The van der Waals surface area contributed by atoms with Crippen molar-refractivity contribution in [3.8, 4) is 11.4 Å². The van der Waals surface area contributed by atoms with E-state index in [4.69, 9.17) is 0 Å². The number of halogens is 2. The van der Waals surface area contributed by atoms with E-state index >= 15 is 0 Å². The molecule has 1 heterocycles. The van der Waals surface area contributed by atoms with Crippen molar-refractivity contribution in [1.29, 1.82) is 0 Å². The van der Waals surface area contributed by atoms with E-state index in [0.29, 0.717) is 22.3 Å². The van der Waals surface area contributed by atoms with E-state index < -0.39 is 12.2 Å². The Morgan fingerprint density at radius 2 is 1.78 bits per heavy atom. The molecule has 1 unspecified atom stereocenters. The predicted molar refractivity (Wildman–Crippen MR) is 119 cm³/mol. The first-order chi connectivity index (χ1) is 14.9. The normalized spacial score (nSPS) is 13.2. The van der Waals surface area contributed by atoms with Crippen LogP contribution in [0.4, 0.5) is 8.78 Å². The summed E-state index contributed by atoms with van der Waals surface area (Å²) in [5.74, 6) is -0.438. The van der Waals surface area contributed by atoms with Crippen LogP contribution < -0.4 is 10.4 Å². The number of imidazole rings is 1. The van der Waals surface area contributed by atoms with Crippen molar-refractivity contribution in [2.24, 2.45) is 5.92 Å². The smallest absolute Gasteiger partial charge is 0.387 e. The molecule has 0 spiro atoms. The van der Waals surface area contributed by atoms with E-state index in [0.717, 1.165) is 0 Å². The van der Waals surface area contributed by atoms with Gasteiger partial charge in [-0.1, -0.05) is 13.0 Å². The molecule has 3 rings (SSSR count). The van der Waals surface area contributed by atoms with Crippen LogP contribution in [0, 0.1) is 5.92 Å². The summed E-state index contributed by atoms with van der Waals surface area (Å²) in [5.41, 5.74) is 0.590. The number of rotatable bonds is 8. The Kier molecular flexibility index (Phi) is 6.55. The molecule has 0 aliphatic rings. The molecule has 0 amide bonds. The highest BCUT2D eigenvalue weighted by Crippen LogP contribution is 2.27. The minimum Gasteiger partial charge on any atom is -0.435 e. The summed E-state index contributed by atoms with van der Waals surface area (Å²) in [5, 5.41) is 10.2. The van der Waals surface area contributed by atoms with Crippen LogP contribution >= 0.6 is 0 Å². The molecule has 0 aliphatic heterocycles. The van der Waals surface area contributed by atoms with Crippen LogP contribution in [0.15, 0.2) is 47.3 Å². The van der Waals surface area contributed by atoms with Crippen LogP contribution in [0.25, 0.3) is 16.7 Å². The van der Waals surface area contributed by atoms with Crippen molar-refractivity contribution in [1.82, 2.24) is 9.13 Å². The SMILES string of the molecule is CC(C)n1c(=O)n(-c2cccc(OC(F)F)c2)c2ccc(C(=O)CC(C)C(C)(C)O)cc21. The number of carbonyl (C=O) groups excluding carboxylic acids is 1. The average molecular weight is 446 g/mol. The molecule has 0 saturated carbocycles. The molecule has 32 heavy (non-hydrogen) atoms. The molecule has 8 heteroatoms. The lowest BCUT2D eigenvalue weighted by Crippen LogP contribution is -2.30. The van der Waals surface area contributed by atoms with Gasteiger partial charge in [-0.2, -0.15) is 8.78 Å². The fourth-order valence-electron chi connectivity index (χ4n) is 3.59. The van der Waals surface area contributed by atoms with Gasteiger partial charge in [0.2, 0.25) is 0 Å². The maximum Gasteiger partial charge on any atom is 0.387 e. The zero-order valence-electron chi connectivity index (χ0n) is 18.8. The van der Waals surface area contributed by atoms with E-state index in [1.807, 2.05) is 20.8 Å². The maximum atomic E-state index is 13.3. The zero-order valence-corrected chi connectivity index (χ0v) is 18.8. The van der Waals surface area contributed by atoms with Crippen LogP contribution in [0.2, 0.25) is 0 Å². The van der Waals surface area contributed by atoms with Gasteiger partial charge < -0.3 is 9.84 Å². The van der Waals surface area contributed by atoms with E-state index in [1.165, 1.54) is 22.8 Å². The van der Waals surface area contributed by atoms with Gasteiger partial charge in [-0.3, -0.25) is 13.9 Å². The number of ether oxygens (including phenoxy) is 1. The number of carbonyl (C=O) groups is 1. The van der Waals surface area contributed by atoms with E-state index in [9.17, 15) is 23.5 Å². The highest BCUT2D eigenvalue weighted by atomic mass is 19.3. The van der Waals surface area contributed by atoms with Crippen LogP contribution in [-0.4, -0.2) is 32.2 Å². The van der Waals surface area contributed by atoms with Crippen LogP contribution in [0.5, 0.6) is 5.75 Å². The van der Waals surface area contributed by atoms with Gasteiger partial charge in [-0.05, 0) is 63.9 Å². The molecule has 172 valence electrons. The van der Waals surface area contributed by atoms with Crippen molar-refractivity contribution >= 4 is 16.8 Å². The first kappa shape index (κ1) is 23.7. The lowest BCUT2D eigenvalue weighted by atomic mass is 9.87. The second-order valence-corrected chi connectivity index (χ2v) is 8.84. The second kappa shape index (κ2) is 8.86. The number of ketones is 1. The summed E-state index contributed by atoms with van der Waals surface area (Å²) in [6.45, 7) is 5.87. The van der Waals surface area contributed by atoms with E-state index in [2.05, 4.69) is 4.74 Å². The van der Waals surface area contributed by atoms with Gasteiger partial charge in [0.15, 0.2) is 5.78 Å².